The van der Waals surface area contributed by atoms with E-state index in [-0.39, 0.29) is 11.9 Å². The molecule has 0 radical (unpaired) electrons. The molecule has 1 saturated heterocycles. The van der Waals surface area contributed by atoms with Crippen LogP contribution >= 0.6 is 0 Å². The van der Waals surface area contributed by atoms with Crippen molar-refractivity contribution in [3.05, 3.63) is 65.2 Å². The minimum absolute atomic E-state index is 0.0320. The number of carbonyl (C=O) groups is 1. The molecule has 5 nitrogen and oxygen atoms in total. The normalized spacial score (nSPS) is 18.7. The molecule has 1 unspecified atom stereocenters. The van der Waals surface area contributed by atoms with E-state index in [4.69, 9.17) is 4.74 Å². The van der Waals surface area contributed by atoms with E-state index in [0.29, 0.717) is 18.9 Å². The topological polar surface area (TPSA) is 61.8 Å². The van der Waals surface area contributed by atoms with Crippen molar-refractivity contribution >= 4 is 5.91 Å². The highest BCUT2D eigenvalue weighted by atomic mass is 16.5. The molecule has 1 amide bonds. The van der Waals surface area contributed by atoms with E-state index < -0.39 is 6.10 Å². The summed E-state index contributed by atoms with van der Waals surface area (Å²) in [4.78, 5) is 15.2. The monoisotopic (exact) mass is 408 g/mol. The van der Waals surface area contributed by atoms with Gasteiger partial charge in [-0.25, -0.2) is 0 Å². The standard InChI is InChI=1S/C25H32N2O3/c1-30-22-10-8-19(9-11-22)25(29)23(17-27-12-4-5-13-27)26-24(28)16-18-14-20-6-2-3-7-21(20)15-18/h2-3,6-11,18,23,25,29H,4-5,12-17H2,1H3,(H,26,28)/t23?,25-/m1/s1. The summed E-state index contributed by atoms with van der Waals surface area (Å²) in [5.74, 6) is 1.13. The van der Waals surface area contributed by atoms with E-state index in [2.05, 4.69) is 34.5 Å². The van der Waals surface area contributed by atoms with Crippen molar-refractivity contribution in [1.29, 1.82) is 0 Å². The van der Waals surface area contributed by atoms with Gasteiger partial charge in [0.25, 0.3) is 0 Å². The Morgan fingerprint density at radius 3 is 2.33 bits per heavy atom. The first kappa shape index (κ1) is 20.9. The second-order valence-electron chi connectivity index (χ2n) is 8.65. The SMILES string of the molecule is COc1ccc([C@@H](O)C(CN2CCCC2)NC(=O)CC2Cc3ccccc3C2)cc1. The molecule has 1 heterocycles. The molecule has 0 aromatic heterocycles. The summed E-state index contributed by atoms with van der Waals surface area (Å²) in [6.07, 6.45) is 4.03. The number of likely N-dealkylation sites (tertiary alicyclic amines) is 1. The lowest BCUT2D eigenvalue weighted by molar-refractivity contribution is -0.123. The fourth-order valence-electron chi connectivity index (χ4n) is 4.82. The fraction of sp³-hybridized carbons (Fsp3) is 0.480. The summed E-state index contributed by atoms with van der Waals surface area (Å²) in [5.41, 5.74) is 3.53. The second-order valence-corrected chi connectivity index (χ2v) is 8.65. The predicted molar refractivity (Wildman–Crippen MR) is 118 cm³/mol. The van der Waals surface area contributed by atoms with Crippen LogP contribution in [0.25, 0.3) is 0 Å². The van der Waals surface area contributed by atoms with Gasteiger partial charge in [0.2, 0.25) is 5.91 Å². The number of aliphatic hydroxyl groups excluding tert-OH is 1. The van der Waals surface area contributed by atoms with Crippen LogP contribution < -0.4 is 10.1 Å². The van der Waals surface area contributed by atoms with Crippen molar-refractivity contribution < 1.29 is 14.6 Å². The fourth-order valence-corrected chi connectivity index (χ4v) is 4.82. The molecule has 2 N–H and O–H groups in total. The van der Waals surface area contributed by atoms with Gasteiger partial charge in [-0.1, -0.05) is 36.4 Å². The van der Waals surface area contributed by atoms with Crippen molar-refractivity contribution in [2.45, 2.75) is 44.2 Å². The van der Waals surface area contributed by atoms with Gasteiger partial charge in [-0.2, -0.15) is 0 Å². The average Bonchev–Trinajstić information content (AvgIpc) is 3.42. The number of aliphatic hydroxyl groups is 1. The third-order valence-electron chi connectivity index (χ3n) is 6.45. The molecule has 0 bridgehead atoms. The number of benzene rings is 2. The Morgan fingerprint density at radius 2 is 1.73 bits per heavy atom. The largest absolute Gasteiger partial charge is 0.497 e. The zero-order chi connectivity index (χ0) is 20.9. The van der Waals surface area contributed by atoms with Crippen LogP contribution in [0.4, 0.5) is 0 Å². The van der Waals surface area contributed by atoms with Crippen LogP contribution in [0.2, 0.25) is 0 Å². The molecule has 1 aliphatic heterocycles. The summed E-state index contributed by atoms with van der Waals surface area (Å²) in [5, 5.41) is 14.2. The van der Waals surface area contributed by atoms with Gasteiger partial charge in [-0.3, -0.25) is 4.79 Å². The van der Waals surface area contributed by atoms with E-state index in [1.54, 1.807) is 7.11 Å². The third-order valence-corrected chi connectivity index (χ3v) is 6.45. The summed E-state index contributed by atoms with van der Waals surface area (Å²) in [7, 11) is 1.63. The van der Waals surface area contributed by atoms with E-state index in [0.717, 1.165) is 37.2 Å². The lowest BCUT2D eigenvalue weighted by atomic mass is 9.99. The number of nitrogens with zero attached hydrogens (tertiary/aromatic N) is 1. The minimum atomic E-state index is -0.749. The van der Waals surface area contributed by atoms with Crippen LogP contribution in [0.5, 0.6) is 5.75 Å². The molecule has 2 aromatic rings. The number of ether oxygens (including phenoxy) is 1. The summed E-state index contributed by atoms with van der Waals surface area (Å²) < 4.78 is 5.22. The number of carbonyl (C=O) groups excluding carboxylic acids is 1. The maximum atomic E-state index is 12.9. The van der Waals surface area contributed by atoms with Crippen molar-refractivity contribution in [3.63, 3.8) is 0 Å². The van der Waals surface area contributed by atoms with Gasteiger partial charge < -0.3 is 20.1 Å². The van der Waals surface area contributed by atoms with Gasteiger partial charge in [0.05, 0.1) is 13.2 Å². The highest BCUT2D eigenvalue weighted by Gasteiger charge is 2.29. The number of amides is 1. The molecule has 0 saturated carbocycles. The molecular weight excluding hydrogens is 376 g/mol. The zero-order valence-corrected chi connectivity index (χ0v) is 17.7. The van der Waals surface area contributed by atoms with E-state index in [9.17, 15) is 9.90 Å². The molecule has 2 atom stereocenters. The Bertz CT molecular complexity index is 821. The van der Waals surface area contributed by atoms with Crippen LogP contribution in [0.15, 0.2) is 48.5 Å². The van der Waals surface area contributed by atoms with Crippen molar-refractivity contribution in [2.75, 3.05) is 26.7 Å². The van der Waals surface area contributed by atoms with Gasteiger partial charge in [0.15, 0.2) is 0 Å². The number of hydrogen-bond acceptors (Lipinski definition) is 4. The third kappa shape index (κ3) is 5.02. The lowest BCUT2D eigenvalue weighted by Gasteiger charge is -2.29. The smallest absolute Gasteiger partial charge is 0.220 e. The van der Waals surface area contributed by atoms with Crippen LogP contribution in [0.3, 0.4) is 0 Å². The molecule has 0 spiro atoms. The first-order chi connectivity index (χ1) is 14.6. The zero-order valence-electron chi connectivity index (χ0n) is 17.7. The number of methoxy groups -OCH3 is 1. The Hall–Kier alpha value is -2.37. The highest BCUT2D eigenvalue weighted by molar-refractivity contribution is 5.77. The summed E-state index contributed by atoms with van der Waals surface area (Å²) in [6.45, 7) is 2.73. The van der Waals surface area contributed by atoms with Crippen LogP contribution in [0, 0.1) is 5.92 Å². The Kier molecular flexibility index (Phi) is 6.70. The molecule has 1 fully saturated rings. The Balaban J connectivity index is 1.40. The summed E-state index contributed by atoms with van der Waals surface area (Å²) in [6, 6.07) is 15.6. The highest BCUT2D eigenvalue weighted by Crippen LogP contribution is 2.29. The quantitative estimate of drug-likeness (QED) is 0.705. The summed E-state index contributed by atoms with van der Waals surface area (Å²) >= 11 is 0. The molecule has 4 rings (SSSR count). The van der Waals surface area contributed by atoms with E-state index >= 15 is 0 Å². The lowest BCUT2D eigenvalue weighted by Crippen LogP contribution is -2.47. The Morgan fingerprint density at radius 1 is 1.10 bits per heavy atom. The van der Waals surface area contributed by atoms with Gasteiger partial charge in [-0.05, 0) is 73.5 Å². The molecule has 5 heteroatoms. The second kappa shape index (κ2) is 9.63. The molecule has 2 aromatic carbocycles. The maximum Gasteiger partial charge on any atom is 0.220 e. The van der Waals surface area contributed by atoms with Crippen molar-refractivity contribution in [1.82, 2.24) is 10.2 Å². The first-order valence-corrected chi connectivity index (χ1v) is 11.0. The molecule has 1 aliphatic carbocycles. The van der Waals surface area contributed by atoms with Crippen LogP contribution in [0.1, 0.15) is 42.1 Å². The first-order valence-electron chi connectivity index (χ1n) is 11.0. The Labute approximate surface area is 179 Å². The van der Waals surface area contributed by atoms with Crippen molar-refractivity contribution in [3.8, 4) is 5.75 Å². The van der Waals surface area contributed by atoms with Crippen LogP contribution in [-0.2, 0) is 17.6 Å². The number of nitrogens with one attached hydrogen (secondary N) is 1. The molecule has 160 valence electrons. The van der Waals surface area contributed by atoms with Gasteiger partial charge in [0, 0.05) is 13.0 Å². The van der Waals surface area contributed by atoms with E-state index in [1.165, 1.54) is 24.0 Å². The number of hydrogen-bond donors (Lipinski definition) is 2. The average molecular weight is 409 g/mol. The molecule has 30 heavy (non-hydrogen) atoms. The van der Waals surface area contributed by atoms with Gasteiger partial charge in [0.1, 0.15) is 11.9 Å². The molecular formula is C25H32N2O3. The number of fused-ring (bicyclic) bond motifs is 1. The van der Waals surface area contributed by atoms with Crippen LogP contribution in [-0.4, -0.2) is 48.7 Å². The van der Waals surface area contributed by atoms with E-state index in [1.807, 2.05) is 24.3 Å². The number of rotatable bonds is 8. The minimum Gasteiger partial charge on any atom is -0.497 e. The predicted octanol–water partition coefficient (Wildman–Crippen LogP) is 3.11. The molecule has 2 aliphatic rings. The van der Waals surface area contributed by atoms with Crippen molar-refractivity contribution in [2.24, 2.45) is 5.92 Å². The maximum absolute atomic E-state index is 12.9. The van der Waals surface area contributed by atoms with Gasteiger partial charge in [-0.15, -0.1) is 0 Å². The van der Waals surface area contributed by atoms with Gasteiger partial charge >= 0.3 is 0 Å².